The summed E-state index contributed by atoms with van der Waals surface area (Å²) < 4.78 is 17.0. The van der Waals surface area contributed by atoms with Gasteiger partial charge >= 0.3 is 18.2 Å². The van der Waals surface area contributed by atoms with Crippen molar-refractivity contribution in [3.63, 3.8) is 0 Å². The molecule has 0 bridgehead atoms. The molecule has 0 spiro atoms. The fraction of sp³-hybridized carbons (Fsp3) is 0.529. The standard InChI is InChI=1S/C9H14N4O3S.C8H11N3O4S/c1-9(2,3)16-8(15)11-7-5(6(14)10-4)12-13-17-7;1-8(2,3)15-7(14)9-5-4(6(12)13)10-11-16-5/h1-4H3,(H,10,14)(H,11,15);1-3H3,(H,9,14)(H,12,13). The zero-order valence-corrected chi connectivity index (χ0v) is 20.6. The molecule has 0 atom stereocenters. The van der Waals surface area contributed by atoms with Crippen LogP contribution in [0.2, 0.25) is 0 Å². The third-order valence-corrected chi connectivity index (χ3v) is 4.13. The average Bonchev–Trinajstić information content (AvgIpc) is 3.27. The Morgan fingerprint density at radius 1 is 0.788 bits per heavy atom. The number of anilines is 2. The zero-order chi connectivity index (χ0) is 25.4. The van der Waals surface area contributed by atoms with Gasteiger partial charge in [-0.1, -0.05) is 8.98 Å². The highest BCUT2D eigenvalue weighted by molar-refractivity contribution is 7.10. The number of rotatable bonds is 4. The number of hydrogen-bond donors (Lipinski definition) is 4. The largest absolute Gasteiger partial charge is 0.476 e. The molecule has 2 aromatic rings. The molecule has 182 valence electrons. The summed E-state index contributed by atoms with van der Waals surface area (Å²) in [5.41, 5.74) is -1.47. The number of carbonyl (C=O) groups is 4. The molecule has 4 N–H and O–H groups in total. The Balaban J connectivity index is 0.000000331. The molecule has 0 aliphatic rings. The molecular weight excluding hydrogens is 478 g/mol. The van der Waals surface area contributed by atoms with Gasteiger partial charge in [-0.25, -0.2) is 14.4 Å². The quantitative estimate of drug-likeness (QED) is 0.479. The lowest BCUT2D eigenvalue weighted by Gasteiger charge is -2.19. The highest BCUT2D eigenvalue weighted by Gasteiger charge is 2.22. The number of amides is 3. The molecule has 16 heteroatoms. The van der Waals surface area contributed by atoms with Crippen molar-refractivity contribution in [2.75, 3.05) is 17.7 Å². The van der Waals surface area contributed by atoms with Gasteiger partial charge in [-0.3, -0.25) is 15.4 Å². The van der Waals surface area contributed by atoms with Gasteiger partial charge in [-0.05, 0) is 41.5 Å². The van der Waals surface area contributed by atoms with E-state index in [1.165, 1.54) is 7.05 Å². The van der Waals surface area contributed by atoms with Crippen molar-refractivity contribution in [3.8, 4) is 0 Å². The van der Waals surface area contributed by atoms with Gasteiger partial charge in [0.15, 0.2) is 15.7 Å². The van der Waals surface area contributed by atoms with Crippen LogP contribution >= 0.6 is 23.1 Å². The number of ether oxygens (including phenoxy) is 2. The monoisotopic (exact) mass is 503 g/mol. The molecule has 0 saturated heterocycles. The van der Waals surface area contributed by atoms with Crippen LogP contribution in [0.25, 0.3) is 0 Å². The molecule has 0 aliphatic heterocycles. The maximum Gasteiger partial charge on any atom is 0.412 e. The zero-order valence-electron chi connectivity index (χ0n) is 19.0. The summed E-state index contributed by atoms with van der Waals surface area (Å²) in [5, 5.41) is 23.1. The maximum absolute atomic E-state index is 11.5. The first kappa shape index (κ1) is 27.6. The lowest BCUT2D eigenvalue weighted by molar-refractivity contribution is 0.0624. The Morgan fingerprint density at radius 3 is 1.55 bits per heavy atom. The minimum absolute atomic E-state index is 0.0572. The first-order chi connectivity index (χ1) is 15.1. The van der Waals surface area contributed by atoms with E-state index in [9.17, 15) is 19.2 Å². The van der Waals surface area contributed by atoms with Crippen molar-refractivity contribution in [3.05, 3.63) is 11.4 Å². The molecular formula is C17H25N7O7S2. The Bertz CT molecular complexity index is 992. The summed E-state index contributed by atoms with van der Waals surface area (Å²) >= 11 is 1.69. The minimum atomic E-state index is -1.25. The predicted octanol–water partition coefficient (Wildman–Crippen LogP) is 2.83. The van der Waals surface area contributed by atoms with Crippen molar-refractivity contribution < 1.29 is 33.8 Å². The summed E-state index contributed by atoms with van der Waals surface area (Å²) in [6.07, 6.45) is -1.38. The topological polar surface area (TPSA) is 195 Å². The van der Waals surface area contributed by atoms with Gasteiger partial charge in [0, 0.05) is 30.1 Å². The molecule has 2 rings (SSSR count). The van der Waals surface area contributed by atoms with E-state index >= 15 is 0 Å². The Hall–Kier alpha value is -3.40. The van der Waals surface area contributed by atoms with Crippen molar-refractivity contribution in [2.45, 2.75) is 52.7 Å². The molecule has 0 saturated carbocycles. The number of aromatic nitrogens is 4. The lowest BCUT2D eigenvalue weighted by atomic mass is 10.2. The maximum atomic E-state index is 11.5. The van der Waals surface area contributed by atoms with Gasteiger partial charge < -0.3 is 19.9 Å². The van der Waals surface area contributed by atoms with E-state index in [4.69, 9.17) is 14.6 Å². The van der Waals surface area contributed by atoms with Gasteiger partial charge in [-0.15, -0.1) is 10.2 Å². The van der Waals surface area contributed by atoms with E-state index in [1.54, 1.807) is 41.5 Å². The van der Waals surface area contributed by atoms with Gasteiger partial charge in [0.1, 0.15) is 11.2 Å². The Morgan fingerprint density at radius 2 is 1.18 bits per heavy atom. The summed E-state index contributed by atoms with van der Waals surface area (Å²) in [7, 11) is 1.47. The molecule has 33 heavy (non-hydrogen) atoms. The predicted molar refractivity (Wildman–Crippen MR) is 120 cm³/mol. The van der Waals surface area contributed by atoms with E-state index < -0.39 is 35.3 Å². The van der Waals surface area contributed by atoms with E-state index in [2.05, 4.69) is 35.1 Å². The van der Waals surface area contributed by atoms with E-state index in [-0.39, 0.29) is 21.4 Å². The Kier molecular flexibility index (Phi) is 9.60. The van der Waals surface area contributed by atoms with E-state index in [0.29, 0.717) is 0 Å². The molecule has 0 unspecified atom stereocenters. The first-order valence-electron chi connectivity index (χ1n) is 9.23. The number of aromatic carboxylic acids is 1. The summed E-state index contributed by atoms with van der Waals surface area (Å²) in [6, 6.07) is 0. The number of nitrogens with one attached hydrogen (secondary N) is 3. The highest BCUT2D eigenvalue weighted by Crippen LogP contribution is 2.20. The van der Waals surface area contributed by atoms with Crippen LogP contribution in [0.3, 0.4) is 0 Å². The number of nitrogens with zero attached hydrogens (tertiary/aromatic N) is 4. The minimum Gasteiger partial charge on any atom is -0.476 e. The van der Waals surface area contributed by atoms with Crippen LogP contribution in [0, 0.1) is 0 Å². The molecule has 0 fully saturated rings. The molecule has 2 heterocycles. The molecule has 0 aromatic carbocycles. The third-order valence-electron chi connectivity index (χ3n) is 2.85. The molecule has 14 nitrogen and oxygen atoms in total. The summed E-state index contributed by atoms with van der Waals surface area (Å²) in [6.45, 7) is 10.4. The number of carboxylic acids is 1. The molecule has 2 aromatic heterocycles. The fourth-order valence-corrected chi connectivity index (χ4v) is 2.85. The van der Waals surface area contributed by atoms with Gasteiger partial charge in [0.05, 0.1) is 0 Å². The number of carboxylic acid groups (broad SMARTS) is 1. The second-order valence-corrected chi connectivity index (χ2v) is 9.55. The van der Waals surface area contributed by atoms with Gasteiger partial charge in [0.25, 0.3) is 5.91 Å². The highest BCUT2D eigenvalue weighted by atomic mass is 32.1. The molecule has 0 radical (unpaired) electrons. The van der Waals surface area contributed by atoms with Crippen molar-refractivity contribution in [2.24, 2.45) is 0 Å². The lowest BCUT2D eigenvalue weighted by Crippen LogP contribution is -2.28. The summed E-state index contributed by atoms with van der Waals surface area (Å²) in [4.78, 5) is 44.8. The van der Waals surface area contributed by atoms with Gasteiger partial charge in [-0.2, -0.15) is 0 Å². The SMILES string of the molecule is CC(C)(C)OC(=O)Nc1snnc1C(=O)O.CNC(=O)c1nnsc1NC(=O)OC(C)(C)C. The van der Waals surface area contributed by atoms with Crippen molar-refractivity contribution >= 4 is 57.1 Å². The fourth-order valence-electron chi connectivity index (χ4n) is 1.74. The van der Waals surface area contributed by atoms with Crippen LogP contribution in [0.5, 0.6) is 0 Å². The smallest absolute Gasteiger partial charge is 0.412 e. The summed E-state index contributed by atoms with van der Waals surface area (Å²) in [5.74, 6) is -1.66. The average molecular weight is 504 g/mol. The normalized spacial score (nSPS) is 10.9. The molecule has 0 aliphatic carbocycles. The van der Waals surface area contributed by atoms with Crippen LogP contribution in [0.4, 0.5) is 19.6 Å². The number of carbonyl (C=O) groups excluding carboxylic acids is 3. The van der Waals surface area contributed by atoms with Crippen LogP contribution in [0.1, 0.15) is 62.5 Å². The third kappa shape index (κ3) is 10.2. The van der Waals surface area contributed by atoms with Crippen molar-refractivity contribution in [1.82, 2.24) is 24.5 Å². The Labute approximate surface area is 197 Å². The second kappa shape index (κ2) is 11.5. The van der Waals surface area contributed by atoms with Crippen LogP contribution < -0.4 is 16.0 Å². The number of hydrogen-bond acceptors (Lipinski definition) is 12. The van der Waals surface area contributed by atoms with E-state index in [1.807, 2.05) is 0 Å². The second-order valence-electron chi connectivity index (χ2n) is 8.04. The van der Waals surface area contributed by atoms with Crippen LogP contribution in [0.15, 0.2) is 0 Å². The first-order valence-corrected chi connectivity index (χ1v) is 10.8. The molecule has 3 amide bonds. The van der Waals surface area contributed by atoms with Gasteiger partial charge in [0.2, 0.25) is 5.69 Å². The van der Waals surface area contributed by atoms with Crippen LogP contribution in [-0.2, 0) is 9.47 Å². The van der Waals surface area contributed by atoms with Crippen molar-refractivity contribution in [1.29, 1.82) is 0 Å². The van der Waals surface area contributed by atoms with Crippen LogP contribution in [-0.4, -0.2) is 66.6 Å². The van der Waals surface area contributed by atoms with E-state index in [0.717, 1.165) is 23.1 Å².